The van der Waals surface area contributed by atoms with Crippen molar-refractivity contribution in [1.82, 2.24) is 10.6 Å². The molecule has 0 heterocycles. The molecule has 0 bridgehead atoms. The van der Waals surface area contributed by atoms with Crippen LogP contribution in [-0.4, -0.2) is 24.5 Å². The molecule has 7 heteroatoms. The SMILES string of the molecule is CC(C)NC(=O)Nc1cccc(C(=O)NCCc2ccc(N)cc2)c1.Cl. The molecule has 140 valence electrons. The number of nitrogens with two attached hydrogens (primary N) is 1. The predicted octanol–water partition coefficient (Wildman–Crippen LogP) is 3.19. The third-order valence-corrected chi connectivity index (χ3v) is 3.48. The molecule has 26 heavy (non-hydrogen) atoms. The number of nitrogens with one attached hydrogen (secondary N) is 3. The van der Waals surface area contributed by atoms with Crippen molar-refractivity contribution >= 4 is 35.7 Å². The fourth-order valence-corrected chi connectivity index (χ4v) is 2.27. The van der Waals surface area contributed by atoms with Crippen LogP contribution in [-0.2, 0) is 6.42 Å². The molecule has 6 nitrogen and oxygen atoms in total. The Morgan fingerprint density at radius 1 is 1.08 bits per heavy atom. The van der Waals surface area contributed by atoms with Crippen LogP contribution in [0.15, 0.2) is 48.5 Å². The summed E-state index contributed by atoms with van der Waals surface area (Å²) in [4.78, 5) is 24.0. The standard InChI is InChI=1S/C19H24N4O2.ClH/c1-13(2)22-19(25)23-17-5-3-4-15(12-17)18(24)21-11-10-14-6-8-16(20)9-7-14;/h3-9,12-13H,10-11,20H2,1-2H3,(H,21,24)(H2,22,23,25);1H. The van der Waals surface area contributed by atoms with Gasteiger partial charge in [-0.1, -0.05) is 18.2 Å². The summed E-state index contributed by atoms with van der Waals surface area (Å²) in [5.74, 6) is -0.177. The Bertz CT molecular complexity index is 733. The summed E-state index contributed by atoms with van der Waals surface area (Å²) in [7, 11) is 0. The van der Waals surface area contributed by atoms with E-state index in [0.717, 1.165) is 17.7 Å². The second-order valence-electron chi connectivity index (χ2n) is 6.08. The summed E-state index contributed by atoms with van der Waals surface area (Å²) >= 11 is 0. The number of benzene rings is 2. The van der Waals surface area contributed by atoms with Gasteiger partial charge in [0.25, 0.3) is 5.91 Å². The van der Waals surface area contributed by atoms with Crippen LogP contribution in [0.3, 0.4) is 0 Å². The number of nitrogen functional groups attached to an aromatic ring is 1. The van der Waals surface area contributed by atoms with E-state index in [0.29, 0.717) is 17.8 Å². The number of carbonyl (C=O) groups is 2. The van der Waals surface area contributed by atoms with Crippen LogP contribution in [0.25, 0.3) is 0 Å². The number of anilines is 2. The molecule has 0 saturated carbocycles. The fraction of sp³-hybridized carbons (Fsp3) is 0.263. The third kappa shape index (κ3) is 7.03. The number of amides is 3. The molecular formula is C19H25ClN4O2. The van der Waals surface area contributed by atoms with Gasteiger partial charge in [0.05, 0.1) is 0 Å². The number of carbonyl (C=O) groups excluding carboxylic acids is 2. The van der Waals surface area contributed by atoms with Crippen molar-refractivity contribution in [2.75, 3.05) is 17.6 Å². The Balaban J connectivity index is 0.00000338. The monoisotopic (exact) mass is 376 g/mol. The molecule has 0 aromatic heterocycles. The van der Waals surface area contributed by atoms with Crippen LogP contribution in [0, 0.1) is 0 Å². The fourth-order valence-electron chi connectivity index (χ4n) is 2.27. The topological polar surface area (TPSA) is 96.2 Å². The maximum atomic E-state index is 12.2. The first-order chi connectivity index (χ1) is 11.9. The molecule has 0 aliphatic heterocycles. The van der Waals surface area contributed by atoms with Gasteiger partial charge in [-0.15, -0.1) is 12.4 Å². The lowest BCUT2D eigenvalue weighted by Gasteiger charge is -2.11. The molecular weight excluding hydrogens is 352 g/mol. The van der Waals surface area contributed by atoms with Crippen molar-refractivity contribution in [1.29, 1.82) is 0 Å². The highest BCUT2D eigenvalue weighted by Gasteiger charge is 2.08. The summed E-state index contributed by atoms with van der Waals surface area (Å²) in [5.41, 5.74) is 8.55. The van der Waals surface area contributed by atoms with Crippen molar-refractivity contribution in [3.05, 3.63) is 59.7 Å². The maximum absolute atomic E-state index is 12.2. The van der Waals surface area contributed by atoms with Gasteiger partial charge in [-0.3, -0.25) is 4.79 Å². The zero-order chi connectivity index (χ0) is 18.2. The van der Waals surface area contributed by atoms with Crippen molar-refractivity contribution in [3.63, 3.8) is 0 Å². The Morgan fingerprint density at radius 3 is 2.42 bits per heavy atom. The van der Waals surface area contributed by atoms with Gasteiger partial charge < -0.3 is 21.7 Å². The molecule has 0 aliphatic carbocycles. The van der Waals surface area contributed by atoms with Crippen LogP contribution in [0.5, 0.6) is 0 Å². The van der Waals surface area contributed by atoms with E-state index in [1.165, 1.54) is 0 Å². The van der Waals surface area contributed by atoms with Gasteiger partial charge in [0.1, 0.15) is 0 Å². The summed E-state index contributed by atoms with van der Waals surface area (Å²) in [5, 5.41) is 8.33. The molecule has 2 rings (SSSR count). The maximum Gasteiger partial charge on any atom is 0.319 e. The van der Waals surface area contributed by atoms with Crippen LogP contribution in [0.1, 0.15) is 29.8 Å². The first-order valence-corrected chi connectivity index (χ1v) is 8.24. The molecule has 0 radical (unpaired) electrons. The summed E-state index contributed by atoms with van der Waals surface area (Å²) < 4.78 is 0. The van der Waals surface area contributed by atoms with E-state index in [1.54, 1.807) is 24.3 Å². The quantitative estimate of drug-likeness (QED) is 0.583. The second-order valence-corrected chi connectivity index (χ2v) is 6.08. The second kappa shape index (κ2) is 10.3. The number of hydrogen-bond acceptors (Lipinski definition) is 3. The van der Waals surface area contributed by atoms with Crippen molar-refractivity contribution in [2.24, 2.45) is 0 Å². The molecule has 0 saturated heterocycles. The van der Waals surface area contributed by atoms with E-state index in [1.807, 2.05) is 38.1 Å². The van der Waals surface area contributed by atoms with Gasteiger partial charge in [-0.2, -0.15) is 0 Å². The first kappa shape index (κ1) is 21.3. The minimum absolute atomic E-state index is 0. The highest BCUT2D eigenvalue weighted by atomic mass is 35.5. The van der Waals surface area contributed by atoms with Crippen LogP contribution in [0.2, 0.25) is 0 Å². The first-order valence-electron chi connectivity index (χ1n) is 8.24. The van der Waals surface area contributed by atoms with E-state index in [-0.39, 0.29) is 30.4 Å². The molecule has 2 aromatic carbocycles. The Hall–Kier alpha value is -2.73. The average molecular weight is 377 g/mol. The van der Waals surface area contributed by atoms with E-state index in [4.69, 9.17) is 5.73 Å². The van der Waals surface area contributed by atoms with Gasteiger partial charge in [-0.25, -0.2) is 4.79 Å². The van der Waals surface area contributed by atoms with E-state index in [2.05, 4.69) is 16.0 Å². The Morgan fingerprint density at radius 2 is 1.77 bits per heavy atom. The van der Waals surface area contributed by atoms with Crippen LogP contribution < -0.4 is 21.7 Å². The molecule has 0 unspecified atom stereocenters. The highest BCUT2D eigenvalue weighted by Crippen LogP contribution is 2.11. The number of urea groups is 1. The number of rotatable bonds is 6. The lowest BCUT2D eigenvalue weighted by atomic mass is 10.1. The van der Waals surface area contributed by atoms with Crippen LogP contribution in [0.4, 0.5) is 16.2 Å². The van der Waals surface area contributed by atoms with Gasteiger partial charge in [-0.05, 0) is 56.2 Å². The largest absolute Gasteiger partial charge is 0.399 e. The van der Waals surface area contributed by atoms with Gasteiger partial charge in [0.15, 0.2) is 0 Å². The average Bonchev–Trinajstić information content (AvgIpc) is 2.56. The van der Waals surface area contributed by atoms with Gasteiger partial charge >= 0.3 is 6.03 Å². The normalized spacial score (nSPS) is 9.96. The van der Waals surface area contributed by atoms with Gasteiger partial charge in [0, 0.05) is 29.5 Å². The number of halogens is 1. The van der Waals surface area contributed by atoms with Gasteiger partial charge in [0.2, 0.25) is 0 Å². The van der Waals surface area contributed by atoms with Crippen molar-refractivity contribution < 1.29 is 9.59 Å². The lowest BCUT2D eigenvalue weighted by molar-refractivity contribution is 0.0954. The Labute approximate surface area is 160 Å². The third-order valence-electron chi connectivity index (χ3n) is 3.48. The molecule has 5 N–H and O–H groups in total. The highest BCUT2D eigenvalue weighted by molar-refractivity contribution is 5.96. The van der Waals surface area contributed by atoms with Crippen molar-refractivity contribution in [2.45, 2.75) is 26.3 Å². The predicted molar refractivity (Wildman–Crippen MR) is 108 cm³/mol. The molecule has 0 aliphatic rings. The summed E-state index contributed by atoms with van der Waals surface area (Å²) in [6.45, 7) is 4.28. The van der Waals surface area contributed by atoms with E-state index >= 15 is 0 Å². The number of hydrogen-bond donors (Lipinski definition) is 4. The molecule has 0 spiro atoms. The molecule has 0 atom stereocenters. The van der Waals surface area contributed by atoms with E-state index < -0.39 is 0 Å². The zero-order valence-corrected chi connectivity index (χ0v) is 15.7. The Kier molecular flexibility index (Phi) is 8.45. The van der Waals surface area contributed by atoms with Crippen LogP contribution >= 0.6 is 12.4 Å². The smallest absolute Gasteiger partial charge is 0.319 e. The lowest BCUT2D eigenvalue weighted by Crippen LogP contribution is -2.34. The molecule has 2 aromatic rings. The minimum Gasteiger partial charge on any atom is -0.399 e. The van der Waals surface area contributed by atoms with Crippen molar-refractivity contribution in [3.8, 4) is 0 Å². The summed E-state index contributed by atoms with van der Waals surface area (Å²) in [6, 6.07) is 14.2. The zero-order valence-electron chi connectivity index (χ0n) is 14.9. The summed E-state index contributed by atoms with van der Waals surface area (Å²) in [6.07, 6.45) is 0.723. The molecule has 0 fully saturated rings. The molecule has 3 amide bonds. The van der Waals surface area contributed by atoms with E-state index in [9.17, 15) is 9.59 Å². The minimum atomic E-state index is -0.295.